The number of aromatic nitrogens is 2. The van der Waals surface area contributed by atoms with Crippen LogP contribution in [0.4, 0.5) is 5.69 Å². The first-order valence-corrected chi connectivity index (χ1v) is 5.81. The number of fused-ring (bicyclic) bond motifs is 1. The molecule has 5 nitrogen and oxygen atoms in total. The van der Waals surface area contributed by atoms with Crippen LogP contribution in [-0.4, -0.2) is 22.2 Å². The molecule has 6 heteroatoms. The molecule has 0 saturated carbocycles. The largest absolute Gasteiger partial charge is 0.397 e. The number of nitrogens with two attached hydrogens (primary N) is 1. The maximum Gasteiger partial charge on any atom is 0.264 e. The summed E-state index contributed by atoms with van der Waals surface area (Å²) in [6.45, 7) is 2.07. The van der Waals surface area contributed by atoms with Gasteiger partial charge in [0.1, 0.15) is 9.71 Å². The molecule has 0 saturated heterocycles. The number of hydrogen-bond donors (Lipinski definition) is 2. The van der Waals surface area contributed by atoms with Crippen molar-refractivity contribution in [2.75, 3.05) is 12.3 Å². The molecule has 2 heterocycles. The number of terminal acetylenes is 1. The molecule has 88 valence electrons. The summed E-state index contributed by atoms with van der Waals surface area (Å²) in [5.74, 6) is 2.12. The van der Waals surface area contributed by atoms with Crippen LogP contribution in [0.5, 0.6) is 0 Å². The highest BCUT2D eigenvalue weighted by molar-refractivity contribution is 7.21. The lowest BCUT2D eigenvalue weighted by atomic mass is 10.2. The second-order valence-electron chi connectivity index (χ2n) is 3.62. The summed E-state index contributed by atoms with van der Waals surface area (Å²) in [6.07, 6.45) is 5.09. The number of rotatable bonds is 2. The zero-order valence-electron chi connectivity index (χ0n) is 9.57. The van der Waals surface area contributed by atoms with E-state index in [2.05, 4.69) is 16.3 Å². The van der Waals surface area contributed by atoms with Crippen LogP contribution in [0.3, 0.4) is 0 Å². The first-order valence-electron chi connectivity index (χ1n) is 4.99. The van der Waals surface area contributed by atoms with Gasteiger partial charge in [0.05, 0.1) is 23.3 Å². The van der Waals surface area contributed by atoms with Gasteiger partial charge in [0, 0.05) is 7.05 Å². The highest BCUT2D eigenvalue weighted by Crippen LogP contribution is 2.35. The number of aryl methyl sites for hydroxylation is 2. The van der Waals surface area contributed by atoms with Gasteiger partial charge < -0.3 is 11.1 Å². The molecule has 0 bridgehead atoms. The fourth-order valence-electron chi connectivity index (χ4n) is 1.71. The number of thiophene rings is 1. The monoisotopic (exact) mass is 248 g/mol. The Hall–Kier alpha value is -2.00. The number of carbonyl (C=O) groups is 1. The van der Waals surface area contributed by atoms with Crippen LogP contribution in [0.1, 0.15) is 15.4 Å². The van der Waals surface area contributed by atoms with E-state index in [4.69, 9.17) is 12.2 Å². The number of nitrogen functional groups attached to an aromatic ring is 1. The molecule has 0 radical (unpaired) electrons. The van der Waals surface area contributed by atoms with E-state index in [-0.39, 0.29) is 12.5 Å². The van der Waals surface area contributed by atoms with Gasteiger partial charge in [-0.15, -0.1) is 17.8 Å². The summed E-state index contributed by atoms with van der Waals surface area (Å²) in [7, 11) is 1.83. The Morgan fingerprint density at radius 1 is 1.71 bits per heavy atom. The Bertz CT molecular complexity index is 632. The Morgan fingerprint density at radius 3 is 3.00 bits per heavy atom. The minimum Gasteiger partial charge on any atom is -0.397 e. The maximum atomic E-state index is 11.8. The molecule has 0 spiro atoms. The van der Waals surface area contributed by atoms with Crippen molar-refractivity contribution in [1.82, 2.24) is 15.1 Å². The van der Waals surface area contributed by atoms with Crippen molar-refractivity contribution < 1.29 is 4.79 Å². The van der Waals surface area contributed by atoms with Crippen molar-refractivity contribution in [3.05, 3.63) is 10.6 Å². The van der Waals surface area contributed by atoms with Gasteiger partial charge in [0.25, 0.3) is 5.91 Å². The van der Waals surface area contributed by atoms with Crippen LogP contribution in [0.25, 0.3) is 10.2 Å². The number of nitrogens with zero attached hydrogens (tertiary/aromatic N) is 2. The second-order valence-corrected chi connectivity index (χ2v) is 4.62. The quantitative estimate of drug-likeness (QED) is 0.775. The number of nitrogens with one attached hydrogen (secondary N) is 1. The van der Waals surface area contributed by atoms with E-state index in [1.165, 1.54) is 11.3 Å². The summed E-state index contributed by atoms with van der Waals surface area (Å²) >= 11 is 1.32. The molecule has 0 aromatic carbocycles. The van der Waals surface area contributed by atoms with Crippen molar-refractivity contribution in [1.29, 1.82) is 0 Å². The summed E-state index contributed by atoms with van der Waals surface area (Å²) in [5, 5.41) is 7.71. The fraction of sp³-hybridized carbons (Fsp3) is 0.273. The summed E-state index contributed by atoms with van der Waals surface area (Å²) in [4.78, 5) is 13.2. The zero-order valence-corrected chi connectivity index (χ0v) is 10.4. The fourth-order valence-corrected chi connectivity index (χ4v) is 2.81. The minimum absolute atomic E-state index is 0.198. The van der Waals surface area contributed by atoms with E-state index in [0.29, 0.717) is 10.6 Å². The predicted molar refractivity (Wildman–Crippen MR) is 68.9 cm³/mol. The van der Waals surface area contributed by atoms with Crippen molar-refractivity contribution >= 4 is 33.1 Å². The Kier molecular flexibility index (Phi) is 2.77. The van der Waals surface area contributed by atoms with Gasteiger partial charge in [0.2, 0.25) is 0 Å². The molecule has 2 rings (SSSR count). The van der Waals surface area contributed by atoms with Gasteiger partial charge in [-0.1, -0.05) is 5.92 Å². The lowest BCUT2D eigenvalue weighted by Gasteiger charge is -1.99. The molecule has 2 aromatic rings. The number of hydrogen-bond acceptors (Lipinski definition) is 4. The van der Waals surface area contributed by atoms with Crippen molar-refractivity contribution in [2.45, 2.75) is 6.92 Å². The van der Waals surface area contributed by atoms with Gasteiger partial charge in [0.15, 0.2) is 0 Å². The SMILES string of the molecule is C#CCNC(=O)c1sc2c(c(C)nn2C)c1N. The predicted octanol–water partition coefficient (Wildman–Crippen LogP) is 0.888. The topological polar surface area (TPSA) is 72.9 Å². The van der Waals surface area contributed by atoms with E-state index < -0.39 is 0 Å². The number of anilines is 1. The molecule has 17 heavy (non-hydrogen) atoms. The van der Waals surface area contributed by atoms with Crippen LogP contribution in [-0.2, 0) is 7.05 Å². The molecule has 0 aliphatic heterocycles. The molecule has 0 aliphatic rings. The van der Waals surface area contributed by atoms with E-state index in [0.717, 1.165) is 15.9 Å². The van der Waals surface area contributed by atoms with Gasteiger partial charge in [-0.05, 0) is 6.92 Å². The molecule has 0 atom stereocenters. The van der Waals surface area contributed by atoms with E-state index in [1.807, 2.05) is 14.0 Å². The molecule has 2 aromatic heterocycles. The summed E-state index contributed by atoms with van der Waals surface area (Å²) in [6, 6.07) is 0. The van der Waals surface area contributed by atoms with E-state index in [9.17, 15) is 4.79 Å². The van der Waals surface area contributed by atoms with E-state index in [1.54, 1.807) is 4.68 Å². The molecule has 0 fully saturated rings. The average molecular weight is 248 g/mol. The summed E-state index contributed by atoms with van der Waals surface area (Å²) in [5.41, 5.74) is 7.27. The normalized spacial score (nSPS) is 10.4. The number of amides is 1. The third-order valence-electron chi connectivity index (χ3n) is 2.44. The Morgan fingerprint density at radius 2 is 2.41 bits per heavy atom. The lowest BCUT2D eigenvalue weighted by molar-refractivity contribution is 0.0963. The van der Waals surface area contributed by atoms with Crippen molar-refractivity contribution in [3.63, 3.8) is 0 Å². The van der Waals surface area contributed by atoms with Crippen LogP contribution in [0, 0.1) is 19.3 Å². The standard InChI is InChI=1S/C11H12N4OS/c1-4-5-13-10(16)9-8(12)7-6(2)14-15(3)11(7)17-9/h1H,5,12H2,2-3H3,(H,13,16). The highest BCUT2D eigenvalue weighted by Gasteiger charge is 2.20. The van der Waals surface area contributed by atoms with Crippen LogP contribution >= 0.6 is 11.3 Å². The van der Waals surface area contributed by atoms with Gasteiger partial charge in [-0.2, -0.15) is 5.10 Å². The molecular formula is C11H12N4OS. The van der Waals surface area contributed by atoms with Gasteiger partial charge in [-0.3, -0.25) is 9.48 Å². The minimum atomic E-state index is -0.235. The molecular weight excluding hydrogens is 236 g/mol. The van der Waals surface area contributed by atoms with Crippen LogP contribution in [0.2, 0.25) is 0 Å². The third kappa shape index (κ3) is 1.74. The van der Waals surface area contributed by atoms with Crippen molar-refractivity contribution in [2.24, 2.45) is 7.05 Å². The smallest absolute Gasteiger partial charge is 0.264 e. The van der Waals surface area contributed by atoms with Crippen molar-refractivity contribution in [3.8, 4) is 12.3 Å². The summed E-state index contributed by atoms with van der Waals surface area (Å²) < 4.78 is 1.73. The molecule has 0 unspecified atom stereocenters. The average Bonchev–Trinajstić information content (AvgIpc) is 2.76. The zero-order chi connectivity index (χ0) is 12.6. The Balaban J connectivity index is 2.50. The third-order valence-corrected chi connectivity index (χ3v) is 3.71. The number of carbonyl (C=O) groups excluding carboxylic acids is 1. The van der Waals surface area contributed by atoms with E-state index >= 15 is 0 Å². The van der Waals surface area contributed by atoms with Crippen LogP contribution in [0.15, 0.2) is 0 Å². The van der Waals surface area contributed by atoms with Gasteiger partial charge in [-0.25, -0.2) is 0 Å². The lowest BCUT2D eigenvalue weighted by Crippen LogP contribution is -2.23. The van der Waals surface area contributed by atoms with Gasteiger partial charge >= 0.3 is 0 Å². The molecule has 1 amide bonds. The molecule has 0 aliphatic carbocycles. The highest BCUT2D eigenvalue weighted by atomic mass is 32.1. The Labute approximate surface area is 103 Å². The second kappa shape index (κ2) is 4.11. The first-order chi connectivity index (χ1) is 8.06. The first kappa shape index (κ1) is 11.5. The van der Waals surface area contributed by atoms with Crippen LogP contribution < -0.4 is 11.1 Å². The molecule has 3 N–H and O–H groups in total. The maximum absolute atomic E-state index is 11.8.